The first-order valence-corrected chi connectivity index (χ1v) is 9.54. The molecule has 1 fully saturated rings. The molecular formula is C19H29ClIN5O2. The first-order chi connectivity index (χ1) is 12.9. The maximum absolute atomic E-state index is 12.5. The van der Waals surface area contributed by atoms with Crippen LogP contribution in [0.4, 0.5) is 0 Å². The number of hydrogen-bond acceptors (Lipinski definition) is 3. The molecule has 1 heterocycles. The van der Waals surface area contributed by atoms with E-state index in [0.29, 0.717) is 43.6 Å². The van der Waals surface area contributed by atoms with Crippen LogP contribution >= 0.6 is 35.6 Å². The Labute approximate surface area is 188 Å². The number of halogens is 2. The molecule has 2 N–H and O–H groups in total. The van der Waals surface area contributed by atoms with Gasteiger partial charge in [-0.1, -0.05) is 23.7 Å². The van der Waals surface area contributed by atoms with E-state index >= 15 is 0 Å². The van der Waals surface area contributed by atoms with Crippen LogP contribution in [0.2, 0.25) is 5.02 Å². The highest BCUT2D eigenvalue weighted by Crippen LogP contribution is 2.13. The Kier molecular flexibility index (Phi) is 10.6. The minimum Gasteiger partial charge on any atom is -0.352 e. The Bertz CT molecular complexity index is 691. The molecule has 1 aliphatic rings. The summed E-state index contributed by atoms with van der Waals surface area (Å²) >= 11 is 5.98. The summed E-state index contributed by atoms with van der Waals surface area (Å²) in [6.07, 6.45) is 0.350. The molecule has 156 valence electrons. The number of nitrogens with zero attached hydrogens (tertiary/aromatic N) is 3. The summed E-state index contributed by atoms with van der Waals surface area (Å²) in [6, 6.07) is 7.50. The third-order valence-electron chi connectivity index (χ3n) is 4.24. The third kappa shape index (κ3) is 7.83. The van der Waals surface area contributed by atoms with Crippen molar-refractivity contribution in [1.82, 2.24) is 20.4 Å². The molecule has 2 amide bonds. The van der Waals surface area contributed by atoms with Crippen molar-refractivity contribution in [2.24, 2.45) is 4.99 Å². The number of carbonyl (C=O) groups excluding carboxylic acids is 2. The normalized spacial score (nSPS) is 14.5. The number of amides is 2. The van der Waals surface area contributed by atoms with E-state index < -0.39 is 0 Å². The molecule has 0 spiro atoms. The molecule has 2 rings (SSSR count). The SMILES string of the molecule is CN=C(NCC(=O)NC(C)C)N1CCN(C(=O)Cc2cccc(Cl)c2)CC1.I. The van der Waals surface area contributed by atoms with Crippen molar-refractivity contribution in [2.45, 2.75) is 26.3 Å². The van der Waals surface area contributed by atoms with E-state index in [2.05, 4.69) is 20.5 Å². The zero-order chi connectivity index (χ0) is 19.8. The van der Waals surface area contributed by atoms with Gasteiger partial charge in [0.2, 0.25) is 11.8 Å². The zero-order valence-corrected chi connectivity index (χ0v) is 19.7. The highest BCUT2D eigenvalue weighted by molar-refractivity contribution is 14.0. The summed E-state index contributed by atoms with van der Waals surface area (Å²) < 4.78 is 0. The van der Waals surface area contributed by atoms with Crippen LogP contribution in [0.1, 0.15) is 19.4 Å². The molecule has 1 aliphatic heterocycles. The second kappa shape index (κ2) is 12.1. The van der Waals surface area contributed by atoms with E-state index in [0.717, 1.165) is 5.56 Å². The van der Waals surface area contributed by atoms with Crippen molar-refractivity contribution in [3.05, 3.63) is 34.9 Å². The monoisotopic (exact) mass is 521 g/mol. The van der Waals surface area contributed by atoms with Crippen molar-refractivity contribution in [1.29, 1.82) is 0 Å². The summed E-state index contributed by atoms with van der Waals surface area (Å²) in [6.45, 7) is 6.62. The first-order valence-electron chi connectivity index (χ1n) is 9.16. The number of aliphatic imine (C=N–C) groups is 1. The third-order valence-corrected chi connectivity index (χ3v) is 4.48. The topological polar surface area (TPSA) is 77.0 Å². The minimum absolute atomic E-state index is 0. The minimum atomic E-state index is -0.0681. The van der Waals surface area contributed by atoms with E-state index in [1.807, 2.05) is 36.9 Å². The molecule has 0 unspecified atom stereocenters. The van der Waals surface area contributed by atoms with E-state index in [1.165, 1.54) is 0 Å². The van der Waals surface area contributed by atoms with Gasteiger partial charge in [0.15, 0.2) is 5.96 Å². The number of piperazine rings is 1. The average Bonchev–Trinajstić information content (AvgIpc) is 2.62. The lowest BCUT2D eigenvalue weighted by atomic mass is 10.1. The van der Waals surface area contributed by atoms with Crippen LogP contribution < -0.4 is 10.6 Å². The van der Waals surface area contributed by atoms with Crippen LogP contribution in [0.5, 0.6) is 0 Å². The summed E-state index contributed by atoms with van der Waals surface area (Å²) in [7, 11) is 1.69. The van der Waals surface area contributed by atoms with Gasteiger partial charge in [-0.15, -0.1) is 24.0 Å². The molecule has 9 heteroatoms. The summed E-state index contributed by atoms with van der Waals surface area (Å²) in [5.74, 6) is 0.702. The van der Waals surface area contributed by atoms with Crippen LogP contribution in [0.25, 0.3) is 0 Å². The lowest BCUT2D eigenvalue weighted by Crippen LogP contribution is -2.55. The Morgan fingerprint density at radius 3 is 2.39 bits per heavy atom. The number of nitrogens with one attached hydrogen (secondary N) is 2. The molecule has 0 bridgehead atoms. The molecule has 0 aromatic heterocycles. The van der Waals surface area contributed by atoms with Gasteiger partial charge in [0.25, 0.3) is 0 Å². The number of guanidine groups is 1. The Morgan fingerprint density at radius 2 is 1.82 bits per heavy atom. The molecule has 1 aromatic rings. The second-order valence-corrected chi connectivity index (χ2v) is 7.23. The van der Waals surface area contributed by atoms with Gasteiger partial charge in [0, 0.05) is 44.3 Å². The van der Waals surface area contributed by atoms with Gasteiger partial charge in [-0.25, -0.2) is 0 Å². The quantitative estimate of drug-likeness (QED) is 0.352. The molecule has 0 atom stereocenters. The maximum Gasteiger partial charge on any atom is 0.239 e. The Balaban J connectivity index is 0.00000392. The smallest absolute Gasteiger partial charge is 0.239 e. The maximum atomic E-state index is 12.5. The molecule has 1 aromatic carbocycles. The first kappa shape index (κ1) is 24.5. The average molecular weight is 522 g/mol. The molecule has 0 aliphatic carbocycles. The van der Waals surface area contributed by atoms with Crippen LogP contribution in [0, 0.1) is 0 Å². The van der Waals surface area contributed by atoms with Gasteiger partial charge in [-0.2, -0.15) is 0 Å². The van der Waals surface area contributed by atoms with Gasteiger partial charge in [0.1, 0.15) is 0 Å². The highest BCUT2D eigenvalue weighted by Gasteiger charge is 2.23. The van der Waals surface area contributed by atoms with Crippen LogP contribution in [-0.4, -0.2) is 73.4 Å². The van der Waals surface area contributed by atoms with Crippen molar-refractivity contribution in [2.75, 3.05) is 39.8 Å². The summed E-state index contributed by atoms with van der Waals surface area (Å²) in [5.41, 5.74) is 0.920. The van der Waals surface area contributed by atoms with Crippen LogP contribution in [-0.2, 0) is 16.0 Å². The van der Waals surface area contributed by atoms with Gasteiger partial charge in [0.05, 0.1) is 13.0 Å². The fourth-order valence-corrected chi connectivity index (χ4v) is 3.18. The molecule has 0 saturated carbocycles. The lowest BCUT2D eigenvalue weighted by molar-refractivity contribution is -0.131. The number of carbonyl (C=O) groups is 2. The largest absolute Gasteiger partial charge is 0.352 e. The lowest BCUT2D eigenvalue weighted by Gasteiger charge is -2.36. The fraction of sp³-hybridized carbons (Fsp3) is 0.526. The molecule has 1 saturated heterocycles. The van der Waals surface area contributed by atoms with E-state index in [-0.39, 0.29) is 48.4 Å². The fourth-order valence-electron chi connectivity index (χ4n) is 2.97. The van der Waals surface area contributed by atoms with Crippen molar-refractivity contribution < 1.29 is 9.59 Å². The predicted octanol–water partition coefficient (Wildman–Crippen LogP) is 1.74. The van der Waals surface area contributed by atoms with Gasteiger partial charge in [-0.05, 0) is 31.5 Å². The van der Waals surface area contributed by atoms with E-state index in [1.54, 1.807) is 13.1 Å². The summed E-state index contributed by atoms with van der Waals surface area (Å²) in [4.78, 5) is 32.5. The number of benzene rings is 1. The zero-order valence-electron chi connectivity index (χ0n) is 16.6. The van der Waals surface area contributed by atoms with Crippen molar-refractivity contribution in [3.8, 4) is 0 Å². The number of hydrogen-bond donors (Lipinski definition) is 2. The van der Waals surface area contributed by atoms with E-state index in [4.69, 9.17) is 11.6 Å². The molecule has 28 heavy (non-hydrogen) atoms. The number of rotatable bonds is 5. The molecule has 7 nitrogen and oxygen atoms in total. The van der Waals surface area contributed by atoms with Crippen LogP contribution in [0.15, 0.2) is 29.3 Å². The van der Waals surface area contributed by atoms with Gasteiger partial charge >= 0.3 is 0 Å². The van der Waals surface area contributed by atoms with Crippen molar-refractivity contribution >= 4 is 53.4 Å². The second-order valence-electron chi connectivity index (χ2n) is 6.80. The standard InChI is InChI=1S/C19H28ClN5O2.HI/c1-14(2)23-17(26)13-22-19(21-3)25-9-7-24(8-10-25)18(27)12-15-5-4-6-16(20)11-15;/h4-6,11,14H,7-10,12-13H2,1-3H3,(H,21,22)(H,23,26);1H. The van der Waals surface area contributed by atoms with Gasteiger partial charge < -0.3 is 20.4 Å². The van der Waals surface area contributed by atoms with E-state index in [9.17, 15) is 9.59 Å². The predicted molar refractivity (Wildman–Crippen MR) is 123 cm³/mol. The Hall–Kier alpha value is -1.55. The van der Waals surface area contributed by atoms with Crippen LogP contribution in [0.3, 0.4) is 0 Å². The Morgan fingerprint density at radius 1 is 1.18 bits per heavy atom. The molecular weight excluding hydrogens is 493 g/mol. The summed E-state index contributed by atoms with van der Waals surface area (Å²) in [5, 5.41) is 6.56. The van der Waals surface area contributed by atoms with Crippen molar-refractivity contribution in [3.63, 3.8) is 0 Å². The molecule has 0 radical (unpaired) electrons. The highest BCUT2D eigenvalue weighted by atomic mass is 127. The van der Waals surface area contributed by atoms with Gasteiger partial charge in [-0.3, -0.25) is 14.6 Å².